The van der Waals surface area contributed by atoms with E-state index < -0.39 is 0 Å². The first-order valence-corrected chi connectivity index (χ1v) is 7.24. The normalized spacial score (nSPS) is 29.9. The van der Waals surface area contributed by atoms with Crippen LogP contribution in [0.4, 0.5) is 0 Å². The van der Waals surface area contributed by atoms with Crippen LogP contribution in [0.25, 0.3) is 0 Å². The van der Waals surface area contributed by atoms with E-state index in [4.69, 9.17) is 0 Å². The van der Waals surface area contributed by atoms with Crippen LogP contribution >= 0.6 is 0 Å². The molecule has 0 aliphatic carbocycles. The molecular formula is C17H26N2. The predicted molar refractivity (Wildman–Crippen MR) is 82.2 cm³/mol. The van der Waals surface area contributed by atoms with E-state index in [2.05, 4.69) is 67.9 Å². The molecule has 0 saturated carbocycles. The summed E-state index contributed by atoms with van der Waals surface area (Å²) >= 11 is 0. The molecule has 3 unspecified atom stereocenters. The van der Waals surface area contributed by atoms with Crippen molar-refractivity contribution in [3.8, 4) is 0 Å². The Labute approximate surface area is 117 Å². The molecule has 0 amide bonds. The molecule has 2 rings (SSSR count). The molecule has 0 spiro atoms. The number of hydrogen-bond acceptors (Lipinski definition) is 2. The third-order valence-electron chi connectivity index (χ3n) is 4.34. The van der Waals surface area contributed by atoms with E-state index in [9.17, 15) is 0 Å². The molecule has 3 atom stereocenters. The van der Waals surface area contributed by atoms with E-state index in [1.54, 1.807) is 0 Å². The Morgan fingerprint density at radius 2 is 2.16 bits per heavy atom. The van der Waals surface area contributed by atoms with Gasteiger partial charge < -0.3 is 5.32 Å². The van der Waals surface area contributed by atoms with Gasteiger partial charge in [-0.25, -0.2) is 0 Å². The number of nitrogens with zero attached hydrogens (tertiary/aromatic N) is 1. The Bertz CT molecular complexity index is 415. The van der Waals surface area contributed by atoms with Crippen molar-refractivity contribution in [3.05, 3.63) is 48.6 Å². The van der Waals surface area contributed by atoms with Crippen molar-refractivity contribution in [2.24, 2.45) is 0 Å². The summed E-state index contributed by atoms with van der Waals surface area (Å²) < 4.78 is 0. The topological polar surface area (TPSA) is 15.3 Å². The molecule has 0 aromatic heterocycles. The standard InChI is InChI=1S/C17H26N2/c1-5-9-14(2)19-13-17(4,18-12-15(19)3)16-10-7-6-8-11-16/h5-8,10-11,14-15,18H,1,9,12-13H2,2-4H3. The molecule has 1 N–H and O–H groups in total. The van der Waals surface area contributed by atoms with E-state index in [-0.39, 0.29) is 5.54 Å². The van der Waals surface area contributed by atoms with Gasteiger partial charge >= 0.3 is 0 Å². The maximum Gasteiger partial charge on any atom is 0.0535 e. The van der Waals surface area contributed by atoms with Crippen LogP contribution < -0.4 is 5.32 Å². The van der Waals surface area contributed by atoms with E-state index in [1.165, 1.54) is 5.56 Å². The SMILES string of the molecule is C=CCC(C)N1CC(C)(c2ccccc2)NCC1C. The first kappa shape index (κ1) is 14.3. The van der Waals surface area contributed by atoms with Gasteiger partial charge in [-0.15, -0.1) is 6.58 Å². The summed E-state index contributed by atoms with van der Waals surface area (Å²) in [5, 5.41) is 3.72. The smallest absolute Gasteiger partial charge is 0.0535 e. The Morgan fingerprint density at radius 1 is 1.47 bits per heavy atom. The van der Waals surface area contributed by atoms with Crippen molar-refractivity contribution in [3.63, 3.8) is 0 Å². The van der Waals surface area contributed by atoms with Crippen LogP contribution in [0.15, 0.2) is 43.0 Å². The summed E-state index contributed by atoms with van der Waals surface area (Å²) in [4.78, 5) is 2.60. The fraction of sp³-hybridized carbons (Fsp3) is 0.529. The van der Waals surface area contributed by atoms with Crippen LogP contribution in [0.1, 0.15) is 32.8 Å². The average molecular weight is 258 g/mol. The van der Waals surface area contributed by atoms with E-state index in [1.807, 2.05) is 6.08 Å². The second-order valence-electron chi connectivity index (χ2n) is 5.97. The van der Waals surface area contributed by atoms with Crippen LogP contribution in [0.5, 0.6) is 0 Å². The minimum absolute atomic E-state index is 0.0448. The lowest BCUT2D eigenvalue weighted by molar-refractivity contribution is 0.0616. The van der Waals surface area contributed by atoms with Crippen molar-refractivity contribution in [1.29, 1.82) is 0 Å². The van der Waals surface area contributed by atoms with Crippen LogP contribution in [0, 0.1) is 0 Å². The van der Waals surface area contributed by atoms with E-state index in [0.717, 1.165) is 19.5 Å². The number of nitrogens with one attached hydrogen (secondary N) is 1. The summed E-state index contributed by atoms with van der Waals surface area (Å²) in [6.07, 6.45) is 3.08. The number of hydrogen-bond donors (Lipinski definition) is 1. The Hall–Kier alpha value is -1.12. The average Bonchev–Trinajstić information content (AvgIpc) is 2.43. The second kappa shape index (κ2) is 5.89. The molecule has 1 aliphatic rings. The maximum atomic E-state index is 3.87. The minimum atomic E-state index is 0.0448. The minimum Gasteiger partial charge on any atom is -0.305 e. The largest absolute Gasteiger partial charge is 0.305 e. The third-order valence-corrected chi connectivity index (χ3v) is 4.34. The van der Waals surface area contributed by atoms with Gasteiger partial charge in [0.25, 0.3) is 0 Å². The number of piperazine rings is 1. The number of benzene rings is 1. The first-order valence-electron chi connectivity index (χ1n) is 7.24. The van der Waals surface area contributed by atoms with E-state index >= 15 is 0 Å². The van der Waals surface area contributed by atoms with Gasteiger partial charge in [-0.05, 0) is 32.8 Å². The zero-order valence-corrected chi connectivity index (χ0v) is 12.4. The highest BCUT2D eigenvalue weighted by Gasteiger charge is 2.36. The van der Waals surface area contributed by atoms with Gasteiger partial charge in [0.2, 0.25) is 0 Å². The molecule has 1 aliphatic heterocycles. The molecule has 1 fully saturated rings. The highest BCUT2D eigenvalue weighted by atomic mass is 15.3. The fourth-order valence-electron chi connectivity index (χ4n) is 3.03. The monoisotopic (exact) mass is 258 g/mol. The summed E-state index contributed by atoms with van der Waals surface area (Å²) in [5.74, 6) is 0. The van der Waals surface area contributed by atoms with Gasteiger partial charge in [-0.2, -0.15) is 0 Å². The zero-order chi connectivity index (χ0) is 13.9. The Morgan fingerprint density at radius 3 is 2.79 bits per heavy atom. The summed E-state index contributed by atoms with van der Waals surface area (Å²) in [5.41, 5.74) is 1.42. The van der Waals surface area contributed by atoms with Crippen molar-refractivity contribution >= 4 is 0 Å². The molecule has 2 heteroatoms. The highest BCUT2D eigenvalue weighted by Crippen LogP contribution is 2.28. The van der Waals surface area contributed by atoms with Gasteiger partial charge in [0, 0.05) is 25.2 Å². The third kappa shape index (κ3) is 3.07. The molecule has 0 radical (unpaired) electrons. The van der Waals surface area contributed by atoms with E-state index in [0.29, 0.717) is 12.1 Å². The molecule has 19 heavy (non-hydrogen) atoms. The van der Waals surface area contributed by atoms with Crippen LogP contribution in [-0.2, 0) is 5.54 Å². The van der Waals surface area contributed by atoms with Crippen molar-refractivity contribution < 1.29 is 0 Å². The van der Waals surface area contributed by atoms with Crippen molar-refractivity contribution in [2.45, 2.75) is 44.8 Å². The van der Waals surface area contributed by atoms with Gasteiger partial charge in [-0.3, -0.25) is 4.90 Å². The molecular weight excluding hydrogens is 232 g/mol. The Kier molecular flexibility index (Phi) is 4.43. The molecule has 2 nitrogen and oxygen atoms in total. The fourth-order valence-corrected chi connectivity index (χ4v) is 3.03. The molecule has 1 aromatic carbocycles. The summed E-state index contributed by atoms with van der Waals surface area (Å²) in [7, 11) is 0. The second-order valence-corrected chi connectivity index (χ2v) is 5.97. The van der Waals surface area contributed by atoms with Crippen LogP contribution in [0.2, 0.25) is 0 Å². The molecule has 1 saturated heterocycles. The lowest BCUT2D eigenvalue weighted by Crippen LogP contribution is -2.62. The molecule has 104 valence electrons. The lowest BCUT2D eigenvalue weighted by Gasteiger charge is -2.48. The van der Waals surface area contributed by atoms with Crippen molar-refractivity contribution in [2.75, 3.05) is 13.1 Å². The highest BCUT2D eigenvalue weighted by molar-refractivity contribution is 5.25. The van der Waals surface area contributed by atoms with Crippen LogP contribution in [0.3, 0.4) is 0 Å². The molecule has 1 aromatic rings. The number of rotatable bonds is 4. The van der Waals surface area contributed by atoms with Gasteiger partial charge in [-0.1, -0.05) is 36.4 Å². The zero-order valence-electron chi connectivity index (χ0n) is 12.4. The maximum absolute atomic E-state index is 3.87. The summed E-state index contributed by atoms with van der Waals surface area (Å²) in [6.45, 7) is 12.9. The predicted octanol–water partition coefficient (Wildman–Crippen LogP) is 3.16. The quantitative estimate of drug-likeness (QED) is 0.835. The molecule has 1 heterocycles. The first-order chi connectivity index (χ1) is 9.07. The molecule has 0 bridgehead atoms. The summed E-state index contributed by atoms with van der Waals surface area (Å²) in [6, 6.07) is 11.9. The Balaban J connectivity index is 2.18. The van der Waals surface area contributed by atoms with Gasteiger partial charge in [0.15, 0.2) is 0 Å². The van der Waals surface area contributed by atoms with Gasteiger partial charge in [0.1, 0.15) is 0 Å². The lowest BCUT2D eigenvalue weighted by atomic mass is 9.87. The van der Waals surface area contributed by atoms with Crippen molar-refractivity contribution in [1.82, 2.24) is 10.2 Å². The van der Waals surface area contributed by atoms with Gasteiger partial charge in [0.05, 0.1) is 5.54 Å². The van der Waals surface area contributed by atoms with Crippen LogP contribution in [-0.4, -0.2) is 30.1 Å².